The molecule has 0 amide bonds. The van der Waals surface area contributed by atoms with Crippen molar-refractivity contribution in [1.82, 2.24) is 15.5 Å². The molecule has 0 aromatic carbocycles. The van der Waals surface area contributed by atoms with Gasteiger partial charge in [-0.25, -0.2) is 0 Å². The summed E-state index contributed by atoms with van der Waals surface area (Å²) >= 11 is 0. The van der Waals surface area contributed by atoms with Crippen molar-refractivity contribution in [3.63, 3.8) is 0 Å². The highest BCUT2D eigenvalue weighted by atomic mass is 16.5. The van der Waals surface area contributed by atoms with Gasteiger partial charge in [-0.1, -0.05) is 11.6 Å². The van der Waals surface area contributed by atoms with Gasteiger partial charge in [0.25, 0.3) is 0 Å². The van der Waals surface area contributed by atoms with E-state index in [1.807, 2.05) is 0 Å². The highest BCUT2D eigenvalue weighted by molar-refractivity contribution is 5.00. The molecule has 1 aromatic heterocycles. The van der Waals surface area contributed by atoms with Gasteiger partial charge < -0.3 is 14.6 Å². The molecular weight excluding hydrogens is 266 g/mol. The molecule has 1 N–H and O–H groups in total. The van der Waals surface area contributed by atoms with Gasteiger partial charge in [0.15, 0.2) is 5.82 Å². The van der Waals surface area contributed by atoms with E-state index < -0.39 is 0 Å². The molecule has 2 aliphatic heterocycles. The maximum atomic E-state index is 6.14. The van der Waals surface area contributed by atoms with Crippen LogP contribution in [-0.2, 0) is 11.2 Å². The fourth-order valence-corrected chi connectivity index (χ4v) is 3.96. The number of hydrogen-bond acceptors (Lipinski definition) is 5. The van der Waals surface area contributed by atoms with Crippen LogP contribution in [0, 0.1) is 5.92 Å². The molecular formula is C16H25N3O2. The summed E-state index contributed by atoms with van der Waals surface area (Å²) in [6.45, 7) is 3.06. The molecule has 3 heterocycles. The Hall–Kier alpha value is -0.940. The SMILES string of the molecule is C1CC(c2nc(CC3CCOC4(CCNCC4)C3)no2)C1. The van der Waals surface area contributed by atoms with Gasteiger partial charge in [0, 0.05) is 18.9 Å². The molecule has 1 saturated carbocycles. The van der Waals surface area contributed by atoms with Crippen LogP contribution in [0.1, 0.15) is 62.6 Å². The van der Waals surface area contributed by atoms with Crippen LogP contribution in [0.25, 0.3) is 0 Å². The third kappa shape index (κ3) is 2.86. The summed E-state index contributed by atoms with van der Waals surface area (Å²) in [5.41, 5.74) is 0.120. The highest BCUT2D eigenvalue weighted by Crippen LogP contribution is 2.38. The predicted octanol–water partition coefficient (Wildman–Crippen LogP) is 2.43. The lowest BCUT2D eigenvalue weighted by Gasteiger charge is -2.43. The molecule has 21 heavy (non-hydrogen) atoms. The summed E-state index contributed by atoms with van der Waals surface area (Å²) in [5, 5.41) is 7.64. The molecule has 1 aliphatic carbocycles. The molecule has 0 bridgehead atoms. The van der Waals surface area contributed by atoms with E-state index >= 15 is 0 Å². The van der Waals surface area contributed by atoms with Crippen molar-refractivity contribution in [2.75, 3.05) is 19.7 Å². The zero-order chi connectivity index (χ0) is 14.1. The molecule has 0 radical (unpaired) electrons. The molecule has 4 rings (SSSR count). The minimum Gasteiger partial charge on any atom is -0.375 e. The summed E-state index contributed by atoms with van der Waals surface area (Å²) in [6, 6.07) is 0. The molecule has 3 fully saturated rings. The lowest BCUT2D eigenvalue weighted by molar-refractivity contribution is -0.113. The zero-order valence-corrected chi connectivity index (χ0v) is 12.6. The minimum atomic E-state index is 0.120. The number of rotatable bonds is 3. The Labute approximate surface area is 125 Å². The van der Waals surface area contributed by atoms with Crippen molar-refractivity contribution in [2.45, 2.75) is 62.9 Å². The van der Waals surface area contributed by atoms with E-state index in [1.54, 1.807) is 0 Å². The summed E-state index contributed by atoms with van der Waals surface area (Å²) in [7, 11) is 0. The van der Waals surface area contributed by atoms with E-state index in [0.717, 1.165) is 63.5 Å². The fraction of sp³-hybridized carbons (Fsp3) is 0.875. The molecule has 5 heteroatoms. The summed E-state index contributed by atoms with van der Waals surface area (Å²) < 4.78 is 11.6. The van der Waals surface area contributed by atoms with E-state index in [1.165, 1.54) is 19.3 Å². The van der Waals surface area contributed by atoms with E-state index in [-0.39, 0.29) is 5.60 Å². The molecule has 1 unspecified atom stereocenters. The molecule has 1 aromatic rings. The minimum absolute atomic E-state index is 0.120. The summed E-state index contributed by atoms with van der Waals surface area (Å²) in [5.74, 6) is 2.97. The second-order valence-electron chi connectivity index (χ2n) is 7.02. The lowest BCUT2D eigenvalue weighted by atomic mass is 9.78. The highest BCUT2D eigenvalue weighted by Gasteiger charge is 2.39. The van der Waals surface area contributed by atoms with Crippen LogP contribution in [0.5, 0.6) is 0 Å². The Morgan fingerprint density at radius 3 is 2.81 bits per heavy atom. The molecule has 116 valence electrons. The van der Waals surface area contributed by atoms with Crippen molar-refractivity contribution in [3.05, 3.63) is 11.7 Å². The van der Waals surface area contributed by atoms with Crippen molar-refractivity contribution in [3.8, 4) is 0 Å². The van der Waals surface area contributed by atoms with Gasteiger partial charge >= 0.3 is 0 Å². The lowest BCUT2D eigenvalue weighted by Crippen LogP contribution is -2.48. The van der Waals surface area contributed by atoms with Gasteiger partial charge in [-0.15, -0.1) is 0 Å². The van der Waals surface area contributed by atoms with E-state index in [0.29, 0.717) is 11.8 Å². The second-order valence-corrected chi connectivity index (χ2v) is 7.02. The second kappa shape index (κ2) is 5.69. The number of piperidine rings is 1. The molecule has 1 spiro atoms. The van der Waals surface area contributed by atoms with Crippen LogP contribution in [0.4, 0.5) is 0 Å². The number of hydrogen-bond donors (Lipinski definition) is 1. The van der Waals surface area contributed by atoms with Gasteiger partial charge in [-0.2, -0.15) is 4.98 Å². The predicted molar refractivity (Wildman–Crippen MR) is 78.1 cm³/mol. The average Bonchev–Trinajstić information content (AvgIpc) is 2.86. The van der Waals surface area contributed by atoms with Crippen LogP contribution in [0.3, 0.4) is 0 Å². The largest absolute Gasteiger partial charge is 0.375 e. The Morgan fingerprint density at radius 1 is 1.19 bits per heavy atom. The van der Waals surface area contributed by atoms with Crippen LogP contribution in [0.15, 0.2) is 4.52 Å². The van der Waals surface area contributed by atoms with Crippen LogP contribution in [-0.4, -0.2) is 35.4 Å². The Bertz CT molecular complexity index is 472. The number of nitrogens with zero attached hydrogens (tertiary/aromatic N) is 2. The summed E-state index contributed by atoms with van der Waals surface area (Å²) in [4.78, 5) is 4.63. The average molecular weight is 291 g/mol. The van der Waals surface area contributed by atoms with Crippen LogP contribution in [0.2, 0.25) is 0 Å². The summed E-state index contributed by atoms with van der Waals surface area (Å²) in [6.07, 6.45) is 9.26. The first-order valence-electron chi connectivity index (χ1n) is 8.50. The third-order valence-corrected chi connectivity index (χ3v) is 5.52. The van der Waals surface area contributed by atoms with Crippen LogP contribution < -0.4 is 5.32 Å². The van der Waals surface area contributed by atoms with Gasteiger partial charge in [-0.3, -0.25) is 0 Å². The smallest absolute Gasteiger partial charge is 0.229 e. The number of ether oxygens (including phenoxy) is 1. The first-order chi connectivity index (χ1) is 10.3. The van der Waals surface area contributed by atoms with E-state index in [9.17, 15) is 0 Å². The van der Waals surface area contributed by atoms with Gasteiger partial charge in [0.2, 0.25) is 5.89 Å². The van der Waals surface area contributed by atoms with Crippen molar-refractivity contribution < 1.29 is 9.26 Å². The number of aromatic nitrogens is 2. The molecule has 1 atom stereocenters. The molecule has 2 saturated heterocycles. The topological polar surface area (TPSA) is 60.2 Å². The number of nitrogens with one attached hydrogen (secondary N) is 1. The van der Waals surface area contributed by atoms with Crippen molar-refractivity contribution in [1.29, 1.82) is 0 Å². The van der Waals surface area contributed by atoms with E-state index in [2.05, 4.69) is 15.5 Å². The Morgan fingerprint density at radius 2 is 2.05 bits per heavy atom. The standard InChI is InChI=1S/C16H25N3O2/c1-2-13(3-1)15-18-14(19-21-15)10-12-4-9-20-16(11-12)5-7-17-8-6-16/h12-13,17H,1-11H2. The maximum absolute atomic E-state index is 6.14. The third-order valence-electron chi connectivity index (χ3n) is 5.52. The maximum Gasteiger partial charge on any atom is 0.229 e. The van der Waals surface area contributed by atoms with Crippen molar-refractivity contribution >= 4 is 0 Å². The normalized spacial score (nSPS) is 29.4. The van der Waals surface area contributed by atoms with Gasteiger partial charge in [0.05, 0.1) is 5.60 Å². The molecule has 5 nitrogen and oxygen atoms in total. The fourth-order valence-electron chi connectivity index (χ4n) is 3.96. The molecule has 3 aliphatic rings. The van der Waals surface area contributed by atoms with Crippen LogP contribution >= 0.6 is 0 Å². The Kier molecular flexibility index (Phi) is 3.71. The Balaban J connectivity index is 1.38. The van der Waals surface area contributed by atoms with Gasteiger partial charge in [-0.05, 0) is 57.5 Å². The van der Waals surface area contributed by atoms with Gasteiger partial charge in [0.1, 0.15) is 0 Å². The monoisotopic (exact) mass is 291 g/mol. The van der Waals surface area contributed by atoms with E-state index in [4.69, 9.17) is 9.26 Å². The first-order valence-corrected chi connectivity index (χ1v) is 8.50. The van der Waals surface area contributed by atoms with Crippen molar-refractivity contribution in [2.24, 2.45) is 5.92 Å². The zero-order valence-electron chi connectivity index (χ0n) is 12.6. The first kappa shape index (κ1) is 13.7. The quantitative estimate of drug-likeness (QED) is 0.927.